The number of hydrogen-bond donors (Lipinski definition) is 1. The van der Waals surface area contributed by atoms with E-state index in [9.17, 15) is 14.4 Å². The summed E-state index contributed by atoms with van der Waals surface area (Å²) >= 11 is 1.19. The summed E-state index contributed by atoms with van der Waals surface area (Å²) in [5.74, 6) is 0.0308. The molecule has 1 N–H and O–H groups in total. The molecule has 0 bridgehead atoms. The quantitative estimate of drug-likeness (QED) is 0.379. The molecule has 2 aromatic heterocycles. The summed E-state index contributed by atoms with van der Waals surface area (Å²) in [7, 11) is 0. The van der Waals surface area contributed by atoms with Crippen molar-refractivity contribution in [1.82, 2.24) is 9.88 Å². The minimum absolute atomic E-state index is 0.0246. The van der Waals surface area contributed by atoms with Gasteiger partial charge in [0.1, 0.15) is 17.0 Å². The molecule has 190 valence electrons. The molecule has 0 saturated carbocycles. The Morgan fingerprint density at radius 1 is 1.03 bits per heavy atom. The van der Waals surface area contributed by atoms with Gasteiger partial charge in [-0.1, -0.05) is 74.9 Å². The summed E-state index contributed by atoms with van der Waals surface area (Å²) in [4.78, 5) is 39.1. The molecule has 4 aromatic rings. The van der Waals surface area contributed by atoms with Gasteiger partial charge in [0, 0.05) is 11.6 Å². The molecule has 0 aliphatic heterocycles. The number of furan rings is 1. The molecule has 0 spiro atoms. The van der Waals surface area contributed by atoms with Crippen LogP contribution >= 0.6 is 11.3 Å². The molecule has 2 aromatic carbocycles. The number of amides is 1. The lowest BCUT2D eigenvalue weighted by atomic mass is 9.86. The van der Waals surface area contributed by atoms with Crippen LogP contribution in [0.4, 0.5) is 0 Å². The van der Waals surface area contributed by atoms with E-state index in [1.807, 2.05) is 43.3 Å². The first kappa shape index (κ1) is 26.1. The van der Waals surface area contributed by atoms with Gasteiger partial charge in [-0.3, -0.25) is 19.0 Å². The van der Waals surface area contributed by atoms with Crippen molar-refractivity contribution in [2.45, 2.75) is 46.2 Å². The van der Waals surface area contributed by atoms with Crippen molar-refractivity contribution in [3.05, 3.63) is 114 Å². The number of nitrogens with zero attached hydrogens (tertiary/aromatic N) is 1. The SMILES string of the molecule is Cc1ccc(C=c2sc(=CC(=O)c3ccc(C(C)(C)C)cc3)n(CC(=O)NCc3ccco3)c2=O)cc1. The topological polar surface area (TPSA) is 81.3 Å². The molecule has 0 unspecified atom stereocenters. The van der Waals surface area contributed by atoms with Gasteiger partial charge in [0.25, 0.3) is 5.56 Å². The third-order valence-corrected chi connectivity index (χ3v) is 7.00. The Hall–Kier alpha value is -3.97. The number of rotatable bonds is 7. The van der Waals surface area contributed by atoms with Gasteiger partial charge in [-0.05, 0) is 41.7 Å². The Kier molecular flexibility index (Phi) is 7.74. The maximum Gasteiger partial charge on any atom is 0.269 e. The molecule has 37 heavy (non-hydrogen) atoms. The van der Waals surface area contributed by atoms with Crippen molar-refractivity contribution in [2.24, 2.45) is 0 Å². The zero-order valence-electron chi connectivity index (χ0n) is 21.4. The predicted octanol–water partition coefficient (Wildman–Crippen LogP) is 3.92. The first-order valence-electron chi connectivity index (χ1n) is 12.0. The van der Waals surface area contributed by atoms with Gasteiger partial charge in [0.05, 0.1) is 17.3 Å². The number of carbonyl (C=O) groups excluding carboxylic acids is 2. The maximum absolute atomic E-state index is 13.3. The molecular weight excluding hydrogens is 484 g/mol. The fourth-order valence-corrected chi connectivity index (χ4v) is 4.78. The van der Waals surface area contributed by atoms with Gasteiger partial charge in [-0.25, -0.2) is 0 Å². The Labute approximate surface area is 219 Å². The number of aryl methyl sites for hydroxylation is 1. The van der Waals surface area contributed by atoms with Crippen LogP contribution in [0.15, 0.2) is 76.1 Å². The average Bonchev–Trinajstić information content (AvgIpc) is 3.48. The third-order valence-electron chi connectivity index (χ3n) is 5.94. The number of benzene rings is 2. The van der Waals surface area contributed by atoms with E-state index in [0.29, 0.717) is 20.5 Å². The zero-order valence-corrected chi connectivity index (χ0v) is 22.2. The smallest absolute Gasteiger partial charge is 0.269 e. The highest BCUT2D eigenvalue weighted by molar-refractivity contribution is 7.07. The lowest BCUT2D eigenvalue weighted by Gasteiger charge is -2.18. The molecule has 7 heteroatoms. The zero-order chi connectivity index (χ0) is 26.6. The summed E-state index contributed by atoms with van der Waals surface area (Å²) in [5, 5.41) is 2.76. The monoisotopic (exact) mass is 514 g/mol. The molecule has 0 saturated heterocycles. The van der Waals surface area contributed by atoms with Gasteiger partial charge >= 0.3 is 0 Å². The van der Waals surface area contributed by atoms with Crippen molar-refractivity contribution in [1.29, 1.82) is 0 Å². The van der Waals surface area contributed by atoms with E-state index in [-0.39, 0.29) is 35.8 Å². The van der Waals surface area contributed by atoms with E-state index in [0.717, 1.165) is 16.7 Å². The van der Waals surface area contributed by atoms with Gasteiger partial charge in [0.2, 0.25) is 5.91 Å². The second-order valence-electron chi connectivity index (χ2n) is 9.94. The maximum atomic E-state index is 13.3. The Bertz CT molecular complexity index is 1570. The second-order valence-corrected chi connectivity index (χ2v) is 11.0. The Morgan fingerprint density at radius 2 is 1.73 bits per heavy atom. The summed E-state index contributed by atoms with van der Waals surface area (Å²) in [5.41, 5.74) is 3.29. The molecule has 4 rings (SSSR count). The van der Waals surface area contributed by atoms with E-state index in [1.165, 1.54) is 28.2 Å². The van der Waals surface area contributed by atoms with Crippen LogP contribution in [-0.4, -0.2) is 16.3 Å². The molecule has 1 amide bonds. The van der Waals surface area contributed by atoms with Crippen molar-refractivity contribution in [3.8, 4) is 0 Å². The molecular formula is C30H30N2O4S. The van der Waals surface area contributed by atoms with Crippen molar-refractivity contribution >= 4 is 35.2 Å². The number of hydrogen-bond acceptors (Lipinski definition) is 5. The third kappa shape index (κ3) is 6.62. The largest absolute Gasteiger partial charge is 0.467 e. The highest BCUT2D eigenvalue weighted by Gasteiger charge is 2.15. The van der Waals surface area contributed by atoms with Crippen LogP contribution < -0.4 is 20.1 Å². The number of carbonyl (C=O) groups is 2. The number of nitrogens with one attached hydrogen (secondary N) is 1. The highest BCUT2D eigenvalue weighted by atomic mass is 32.1. The van der Waals surface area contributed by atoms with E-state index in [4.69, 9.17) is 4.42 Å². The first-order chi connectivity index (χ1) is 17.6. The summed E-state index contributed by atoms with van der Waals surface area (Å²) in [6, 6.07) is 18.8. The first-order valence-corrected chi connectivity index (χ1v) is 12.9. The lowest BCUT2D eigenvalue weighted by molar-refractivity contribution is -0.122. The summed E-state index contributed by atoms with van der Waals surface area (Å²) in [6.07, 6.45) is 4.75. The van der Waals surface area contributed by atoms with Gasteiger partial charge < -0.3 is 9.73 Å². The highest BCUT2D eigenvalue weighted by Crippen LogP contribution is 2.22. The fourth-order valence-electron chi connectivity index (χ4n) is 3.74. The molecule has 2 heterocycles. The fraction of sp³-hybridized carbons (Fsp3) is 0.233. The van der Waals surface area contributed by atoms with Gasteiger partial charge in [0.15, 0.2) is 5.78 Å². The molecule has 0 aliphatic carbocycles. The van der Waals surface area contributed by atoms with Crippen LogP contribution in [0.2, 0.25) is 0 Å². The molecule has 0 aliphatic rings. The molecule has 0 radical (unpaired) electrons. The Balaban J connectivity index is 1.70. The van der Waals surface area contributed by atoms with E-state index in [2.05, 4.69) is 26.1 Å². The van der Waals surface area contributed by atoms with Crippen molar-refractivity contribution in [3.63, 3.8) is 0 Å². The standard InChI is InChI=1S/C30H30N2O4S/c1-20-7-9-21(10-8-20)16-26-29(35)32(19-27(34)31-18-24-6-5-15-36-24)28(37-26)17-25(33)22-11-13-23(14-12-22)30(2,3)4/h5-17H,18-19H2,1-4H3,(H,31,34). The molecule has 0 atom stereocenters. The van der Waals surface area contributed by atoms with Crippen LogP contribution in [0.1, 0.15) is 53.6 Å². The number of thiazole rings is 1. The number of Topliss-reactive ketones (excluding diaryl/α,β-unsaturated/α-hetero) is 1. The summed E-state index contributed by atoms with van der Waals surface area (Å²) < 4.78 is 7.47. The van der Waals surface area contributed by atoms with Crippen molar-refractivity contribution in [2.75, 3.05) is 0 Å². The van der Waals surface area contributed by atoms with Crippen LogP contribution in [0, 0.1) is 6.92 Å². The van der Waals surface area contributed by atoms with Gasteiger partial charge in [-0.2, -0.15) is 0 Å². The lowest BCUT2D eigenvalue weighted by Crippen LogP contribution is -2.38. The van der Waals surface area contributed by atoms with Crippen molar-refractivity contribution < 1.29 is 14.0 Å². The number of ketones is 1. The van der Waals surface area contributed by atoms with Crippen LogP contribution in [0.3, 0.4) is 0 Å². The average molecular weight is 515 g/mol. The van der Waals surface area contributed by atoms with E-state index >= 15 is 0 Å². The van der Waals surface area contributed by atoms with E-state index < -0.39 is 0 Å². The van der Waals surface area contributed by atoms with Gasteiger partial charge in [-0.15, -0.1) is 11.3 Å². The molecule has 0 fully saturated rings. The summed E-state index contributed by atoms with van der Waals surface area (Å²) in [6.45, 7) is 8.34. The van der Waals surface area contributed by atoms with Crippen LogP contribution in [0.5, 0.6) is 0 Å². The Morgan fingerprint density at radius 3 is 2.35 bits per heavy atom. The predicted molar refractivity (Wildman–Crippen MR) is 147 cm³/mol. The molecule has 6 nitrogen and oxygen atoms in total. The minimum Gasteiger partial charge on any atom is -0.467 e. The van der Waals surface area contributed by atoms with Crippen LogP contribution in [-0.2, 0) is 23.3 Å². The normalized spacial score (nSPS) is 12.6. The number of aromatic nitrogens is 1. The van der Waals surface area contributed by atoms with E-state index in [1.54, 1.807) is 30.3 Å². The van der Waals surface area contributed by atoms with Crippen LogP contribution in [0.25, 0.3) is 12.2 Å². The second kappa shape index (κ2) is 11.0. The minimum atomic E-state index is -0.352.